The topological polar surface area (TPSA) is 38.1 Å². The summed E-state index contributed by atoms with van der Waals surface area (Å²) in [5.41, 5.74) is 2.19. The number of hydrogen-bond acceptors (Lipinski definition) is 2. The SMILES string of the molecule is CCc1nc(CCO)c(C)n1C. The zero-order valence-electron chi connectivity index (χ0n) is 7.96. The van der Waals surface area contributed by atoms with E-state index < -0.39 is 0 Å². The number of hydrogen-bond donors (Lipinski definition) is 1. The predicted octanol–water partition coefficient (Wildman–Crippen LogP) is 0.826. The Morgan fingerprint density at radius 3 is 2.58 bits per heavy atom. The molecule has 12 heavy (non-hydrogen) atoms. The minimum atomic E-state index is 0.182. The van der Waals surface area contributed by atoms with Gasteiger partial charge in [0.2, 0.25) is 0 Å². The molecule has 0 radical (unpaired) electrons. The van der Waals surface area contributed by atoms with Crippen LogP contribution >= 0.6 is 0 Å². The van der Waals surface area contributed by atoms with Crippen molar-refractivity contribution in [2.24, 2.45) is 7.05 Å². The highest BCUT2D eigenvalue weighted by Gasteiger charge is 2.07. The molecule has 0 bridgehead atoms. The summed E-state index contributed by atoms with van der Waals surface area (Å²) < 4.78 is 2.09. The fourth-order valence-corrected chi connectivity index (χ4v) is 1.36. The van der Waals surface area contributed by atoms with Gasteiger partial charge < -0.3 is 9.67 Å². The molecule has 0 atom stereocenters. The van der Waals surface area contributed by atoms with Crippen molar-refractivity contribution in [1.82, 2.24) is 9.55 Å². The minimum absolute atomic E-state index is 0.182. The van der Waals surface area contributed by atoms with E-state index in [2.05, 4.69) is 16.5 Å². The van der Waals surface area contributed by atoms with E-state index in [0.29, 0.717) is 6.42 Å². The average Bonchev–Trinajstić information content (AvgIpc) is 2.33. The van der Waals surface area contributed by atoms with Crippen LogP contribution in [0.25, 0.3) is 0 Å². The van der Waals surface area contributed by atoms with Crippen molar-refractivity contribution in [2.75, 3.05) is 6.61 Å². The van der Waals surface area contributed by atoms with E-state index in [0.717, 1.165) is 17.9 Å². The maximum atomic E-state index is 8.77. The van der Waals surface area contributed by atoms with E-state index in [-0.39, 0.29) is 6.61 Å². The number of aromatic nitrogens is 2. The molecular formula is C9H16N2O. The average molecular weight is 168 g/mol. The van der Waals surface area contributed by atoms with Crippen LogP contribution in [0.5, 0.6) is 0 Å². The van der Waals surface area contributed by atoms with E-state index in [1.165, 1.54) is 5.69 Å². The first-order valence-corrected chi connectivity index (χ1v) is 4.32. The third-order valence-electron chi connectivity index (χ3n) is 2.24. The first kappa shape index (κ1) is 9.26. The van der Waals surface area contributed by atoms with Crippen molar-refractivity contribution >= 4 is 0 Å². The molecule has 68 valence electrons. The Balaban J connectivity index is 2.98. The summed E-state index contributed by atoms with van der Waals surface area (Å²) in [5, 5.41) is 8.77. The number of nitrogens with zero attached hydrogens (tertiary/aromatic N) is 2. The minimum Gasteiger partial charge on any atom is -0.396 e. The van der Waals surface area contributed by atoms with Gasteiger partial charge in [-0.25, -0.2) is 4.98 Å². The van der Waals surface area contributed by atoms with Gasteiger partial charge in [0.15, 0.2) is 0 Å². The highest BCUT2D eigenvalue weighted by atomic mass is 16.3. The summed E-state index contributed by atoms with van der Waals surface area (Å²) in [5.74, 6) is 1.09. The Kier molecular flexibility index (Phi) is 2.87. The molecule has 0 spiro atoms. The van der Waals surface area contributed by atoms with Crippen LogP contribution in [0.1, 0.15) is 24.1 Å². The van der Waals surface area contributed by atoms with Gasteiger partial charge in [0, 0.05) is 32.2 Å². The normalized spacial score (nSPS) is 10.7. The van der Waals surface area contributed by atoms with Crippen LogP contribution in [0, 0.1) is 6.92 Å². The van der Waals surface area contributed by atoms with E-state index >= 15 is 0 Å². The standard InChI is InChI=1S/C9H16N2O/c1-4-9-10-8(5-6-12)7(2)11(9)3/h12H,4-6H2,1-3H3. The third kappa shape index (κ3) is 1.50. The van der Waals surface area contributed by atoms with Crippen LogP contribution in [0.2, 0.25) is 0 Å². The molecule has 0 aliphatic rings. The van der Waals surface area contributed by atoms with E-state index in [4.69, 9.17) is 5.11 Å². The molecule has 0 amide bonds. The fourth-order valence-electron chi connectivity index (χ4n) is 1.36. The molecule has 1 aromatic heterocycles. The number of aryl methyl sites for hydroxylation is 1. The Labute approximate surface area is 73.1 Å². The molecule has 0 saturated heterocycles. The van der Waals surface area contributed by atoms with Crippen molar-refractivity contribution < 1.29 is 5.11 Å². The Morgan fingerprint density at radius 1 is 1.50 bits per heavy atom. The maximum Gasteiger partial charge on any atom is 0.108 e. The molecule has 3 nitrogen and oxygen atoms in total. The van der Waals surface area contributed by atoms with E-state index in [9.17, 15) is 0 Å². The quantitative estimate of drug-likeness (QED) is 0.725. The summed E-state index contributed by atoms with van der Waals surface area (Å²) in [4.78, 5) is 4.42. The van der Waals surface area contributed by atoms with Gasteiger partial charge in [0.05, 0.1) is 5.69 Å². The van der Waals surface area contributed by atoms with Crippen LogP contribution < -0.4 is 0 Å². The van der Waals surface area contributed by atoms with Crippen molar-refractivity contribution in [3.05, 3.63) is 17.2 Å². The largest absolute Gasteiger partial charge is 0.396 e. The van der Waals surface area contributed by atoms with E-state index in [1.807, 2.05) is 14.0 Å². The monoisotopic (exact) mass is 168 g/mol. The van der Waals surface area contributed by atoms with Gasteiger partial charge in [-0.2, -0.15) is 0 Å². The molecule has 3 heteroatoms. The van der Waals surface area contributed by atoms with Crippen LogP contribution in [-0.2, 0) is 19.9 Å². The van der Waals surface area contributed by atoms with Gasteiger partial charge in [-0.15, -0.1) is 0 Å². The number of imidazole rings is 1. The summed E-state index contributed by atoms with van der Waals surface area (Å²) >= 11 is 0. The number of aliphatic hydroxyl groups excluding tert-OH is 1. The van der Waals surface area contributed by atoms with Crippen molar-refractivity contribution in [3.63, 3.8) is 0 Å². The molecule has 0 fully saturated rings. The molecule has 0 aliphatic heterocycles. The molecule has 0 aliphatic carbocycles. The maximum absolute atomic E-state index is 8.77. The van der Waals surface area contributed by atoms with Crippen LogP contribution in [0.4, 0.5) is 0 Å². The molecule has 0 saturated carbocycles. The zero-order chi connectivity index (χ0) is 9.14. The summed E-state index contributed by atoms with van der Waals surface area (Å²) in [6, 6.07) is 0. The van der Waals surface area contributed by atoms with Gasteiger partial charge in [-0.3, -0.25) is 0 Å². The zero-order valence-corrected chi connectivity index (χ0v) is 7.96. The molecular weight excluding hydrogens is 152 g/mol. The Bertz CT molecular complexity index is 266. The molecule has 1 N–H and O–H groups in total. The van der Waals surface area contributed by atoms with Gasteiger partial charge >= 0.3 is 0 Å². The van der Waals surface area contributed by atoms with Gasteiger partial charge in [-0.1, -0.05) is 6.92 Å². The molecule has 1 aromatic rings. The fraction of sp³-hybridized carbons (Fsp3) is 0.667. The second kappa shape index (κ2) is 3.72. The van der Waals surface area contributed by atoms with Gasteiger partial charge in [0.25, 0.3) is 0 Å². The number of aliphatic hydroxyl groups is 1. The lowest BCUT2D eigenvalue weighted by Crippen LogP contribution is -1.97. The van der Waals surface area contributed by atoms with Crippen LogP contribution in [0.15, 0.2) is 0 Å². The first-order valence-electron chi connectivity index (χ1n) is 4.32. The van der Waals surface area contributed by atoms with Crippen molar-refractivity contribution in [2.45, 2.75) is 26.7 Å². The highest BCUT2D eigenvalue weighted by Crippen LogP contribution is 2.09. The second-order valence-electron chi connectivity index (χ2n) is 2.95. The third-order valence-corrected chi connectivity index (χ3v) is 2.24. The van der Waals surface area contributed by atoms with Gasteiger partial charge in [0.1, 0.15) is 5.82 Å². The van der Waals surface area contributed by atoms with E-state index in [1.54, 1.807) is 0 Å². The molecule has 0 aromatic carbocycles. The van der Waals surface area contributed by atoms with Crippen LogP contribution in [0.3, 0.4) is 0 Å². The predicted molar refractivity (Wildman–Crippen MR) is 48.1 cm³/mol. The van der Waals surface area contributed by atoms with Crippen molar-refractivity contribution in [1.29, 1.82) is 0 Å². The summed E-state index contributed by atoms with van der Waals surface area (Å²) in [6.07, 6.45) is 1.61. The lowest BCUT2D eigenvalue weighted by atomic mass is 10.3. The Morgan fingerprint density at radius 2 is 2.17 bits per heavy atom. The van der Waals surface area contributed by atoms with Crippen molar-refractivity contribution in [3.8, 4) is 0 Å². The molecule has 1 rings (SSSR count). The molecule has 1 heterocycles. The lowest BCUT2D eigenvalue weighted by molar-refractivity contribution is 0.298. The van der Waals surface area contributed by atoms with Crippen LogP contribution in [-0.4, -0.2) is 21.3 Å². The first-order chi connectivity index (χ1) is 5.70. The van der Waals surface area contributed by atoms with Gasteiger partial charge in [-0.05, 0) is 6.92 Å². The smallest absolute Gasteiger partial charge is 0.108 e. The number of rotatable bonds is 3. The Hall–Kier alpha value is -0.830. The summed E-state index contributed by atoms with van der Waals surface area (Å²) in [6.45, 7) is 4.31. The highest BCUT2D eigenvalue weighted by molar-refractivity contribution is 5.15. The second-order valence-corrected chi connectivity index (χ2v) is 2.95. The summed E-state index contributed by atoms with van der Waals surface area (Å²) in [7, 11) is 2.02. The molecule has 0 unspecified atom stereocenters. The lowest BCUT2D eigenvalue weighted by Gasteiger charge is -1.98.